The molecule has 1 aromatic rings. The van der Waals surface area contributed by atoms with E-state index >= 15 is 0 Å². The van der Waals surface area contributed by atoms with E-state index < -0.39 is 15.7 Å². The number of nitrogens with one attached hydrogen (secondary N) is 1. The van der Waals surface area contributed by atoms with Gasteiger partial charge in [-0.2, -0.15) is 0 Å². The molecule has 0 bridgehead atoms. The van der Waals surface area contributed by atoms with Crippen molar-refractivity contribution in [2.45, 2.75) is 18.2 Å². The highest BCUT2D eigenvalue weighted by Crippen LogP contribution is 2.12. The smallest absolute Gasteiger partial charge is 0.241 e. The van der Waals surface area contributed by atoms with Crippen molar-refractivity contribution in [2.75, 3.05) is 26.4 Å². The van der Waals surface area contributed by atoms with E-state index in [0.717, 1.165) is 5.56 Å². The molecular weight excluding hydrogens is 292 g/mol. The van der Waals surface area contributed by atoms with Crippen LogP contribution in [-0.4, -0.2) is 51.5 Å². The van der Waals surface area contributed by atoms with Crippen molar-refractivity contribution in [3.8, 4) is 0 Å². The number of rotatable bonds is 6. The van der Waals surface area contributed by atoms with Crippen molar-refractivity contribution in [3.05, 3.63) is 29.8 Å². The molecule has 0 atom stereocenters. The van der Waals surface area contributed by atoms with E-state index in [4.69, 9.17) is 0 Å². The highest BCUT2D eigenvalue weighted by molar-refractivity contribution is 7.91. The van der Waals surface area contributed by atoms with Gasteiger partial charge in [0.05, 0.1) is 17.2 Å². The van der Waals surface area contributed by atoms with Gasteiger partial charge >= 0.3 is 0 Å². The first kappa shape index (κ1) is 17.2. The zero-order chi connectivity index (χ0) is 16.0. The summed E-state index contributed by atoms with van der Waals surface area (Å²) in [7, 11) is -0.324. The van der Waals surface area contributed by atoms with Crippen LogP contribution >= 0.6 is 0 Å². The number of likely N-dealkylation sites (N-methyl/N-ethyl adjacent to an activating group) is 1. The summed E-state index contributed by atoms with van der Waals surface area (Å²) >= 11 is 0. The molecule has 0 radical (unpaired) electrons. The normalized spacial score (nSPS) is 11.0. The van der Waals surface area contributed by atoms with Crippen LogP contribution in [0, 0.1) is 6.92 Å². The Labute approximate surface area is 125 Å². The fraction of sp³-hybridized carbons (Fsp3) is 0.429. The van der Waals surface area contributed by atoms with Gasteiger partial charge in [0.1, 0.15) is 0 Å². The van der Waals surface area contributed by atoms with Gasteiger partial charge in [-0.1, -0.05) is 17.7 Å². The molecule has 0 aliphatic rings. The lowest BCUT2D eigenvalue weighted by molar-refractivity contribution is -0.130. The highest BCUT2D eigenvalue weighted by atomic mass is 32.2. The van der Waals surface area contributed by atoms with E-state index in [-0.39, 0.29) is 29.5 Å². The Kier molecular flexibility index (Phi) is 5.90. The second-order valence-electron chi connectivity index (χ2n) is 4.95. The van der Waals surface area contributed by atoms with E-state index in [0.29, 0.717) is 0 Å². The van der Waals surface area contributed by atoms with Gasteiger partial charge in [0.15, 0.2) is 9.84 Å². The largest absolute Gasteiger partial charge is 0.347 e. The number of nitrogens with zero attached hydrogens (tertiary/aromatic N) is 1. The fourth-order valence-electron chi connectivity index (χ4n) is 1.51. The topological polar surface area (TPSA) is 83.5 Å². The minimum Gasteiger partial charge on any atom is -0.347 e. The van der Waals surface area contributed by atoms with E-state index in [9.17, 15) is 18.0 Å². The number of sulfone groups is 1. The number of carbonyl (C=O) groups excluding carboxylic acids is 2. The standard InChI is InChI=1S/C14H20N2O4S/c1-11-4-6-12(7-5-11)21(19,20)9-8-13(17)15-10-14(18)16(2)3/h4-7H,8-10H2,1-3H3,(H,15,17). The number of amides is 2. The molecule has 0 aliphatic carbocycles. The molecule has 0 unspecified atom stereocenters. The summed E-state index contributed by atoms with van der Waals surface area (Å²) in [4.78, 5) is 24.4. The second kappa shape index (κ2) is 7.21. The SMILES string of the molecule is Cc1ccc(S(=O)(=O)CCC(=O)NCC(=O)N(C)C)cc1. The third kappa shape index (κ3) is 5.55. The number of hydrogen-bond donors (Lipinski definition) is 1. The minimum atomic E-state index is -3.48. The molecule has 7 heteroatoms. The Morgan fingerprint density at radius 2 is 1.71 bits per heavy atom. The van der Waals surface area contributed by atoms with E-state index in [1.54, 1.807) is 26.2 Å². The molecule has 0 saturated heterocycles. The Balaban J connectivity index is 2.52. The molecule has 116 valence electrons. The van der Waals surface area contributed by atoms with E-state index in [1.807, 2.05) is 6.92 Å². The summed E-state index contributed by atoms with van der Waals surface area (Å²) in [6, 6.07) is 6.47. The van der Waals surface area contributed by atoms with E-state index in [1.165, 1.54) is 17.0 Å². The van der Waals surface area contributed by atoms with Gasteiger partial charge in [-0.05, 0) is 19.1 Å². The van der Waals surface area contributed by atoms with Gasteiger partial charge in [-0.25, -0.2) is 8.42 Å². The number of hydrogen-bond acceptors (Lipinski definition) is 4. The molecule has 6 nitrogen and oxygen atoms in total. The van der Waals surface area contributed by atoms with Crippen LogP contribution in [0.25, 0.3) is 0 Å². The van der Waals surface area contributed by atoms with Crippen molar-refractivity contribution in [1.82, 2.24) is 10.2 Å². The summed E-state index contributed by atoms with van der Waals surface area (Å²) in [6.45, 7) is 1.74. The molecule has 0 aliphatic heterocycles. The predicted octanol–water partition coefficient (Wildman–Crippen LogP) is 0.363. The van der Waals surface area contributed by atoms with Gasteiger partial charge in [-0.3, -0.25) is 9.59 Å². The Morgan fingerprint density at radius 3 is 2.24 bits per heavy atom. The summed E-state index contributed by atoms with van der Waals surface area (Å²) in [5.41, 5.74) is 0.967. The molecule has 1 N–H and O–H groups in total. The van der Waals surface area contributed by atoms with Gasteiger partial charge in [0.25, 0.3) is 0 Å². The Morgan fingerprint density at radius 1 is 1.14 bits per heavy atom. The zero-order valence-corrected chi connectivity index (χ0v) is 13.2. The maximum atomic E-state index is 12.0. The quantitative estimate of drug-likeness (QED) is 0.822. The lowest BCUT2D eigenvalue weighted by atomic mass is 10.2. The van der Waals surface area contributed by atoms with Crippen LogP contribution < -0.4 is 5.32 Å². The molecule has 0 fully saturated rings. The highest BCUT2D eigenvalue weighted by Gasteiger charge is 2.16. The van der Waals surface area contributed by atoms with Gasteiger partial charge in [0, 0.05) is 20.5 Å². The first-order valence-corrected chi connectivity index (χ1v) is 8.14. The van der Waals surface area contributed by atoms with Crippen molar-refractivity contribution in [1.29, 1.82) is 0 Å². The molecule has 21 heavy (non-hydrogen) atoms. The fourth-order valence-corrected chi connectivity index (χ4v) is 2.75. The molecule has 0 heterocycles. The van der Waals surface area contributed by atoms with E-state index in [2.05, 4.69) is 5.32 Å². The van der Waals surface area contributed by atoms with Crippen molar-refractivity contribution in [3.63, 3.8) is 0 Å². The average Bonchev–Trinajstić information content (AvgIpc) is 2.43. The summed E-state index contributed by atoms with van der Waals surface area (Å²) in [6.07, 6.45) is -0.170. The third-order valence-electron chi connectivity index (χ3n) is 2.91. The monoisotopic (exact) mass is 312 g/mol. The molecule has 2 amide bonds. The second-order valence-corrected chi connectivity index (χ2v) is 7.06. The zero-order valence-electron chi connectivity index (χ0n) is 12.4. The molecule has 1 rings (SSSR count). The average molecular weight is 312 g/mol. The van der Waals surface area contributed by atoms with Gasteiger partial charge in [0.2, 0.25) is 11.8 Å². The Hall–Kier alpha value is -1.89. The van der Waals surface area contributed by atoms with Crippen LogP contribution in [0.15, 0.2) is 29.2 Å². The van der Waals surface area contributed by atoms with Crippen LogP contribution in [-0.2, 0) is 19.4 Å². The van der Waals surface area contributed by atoms with Crippen LogP contribution in [0.3, 0.4) is 0 Å². The number of aryl methyl sites for hydroxylation is 1. The first-order valence-electron chi connectivity index (χ1n) is 6.48. The lowest BCUT2D eigenvalue weighted by Gasteiger charge is -2.11. The maximum absolute atomic E-state index is 12.0. The van der Waals surface area contributed by atoms with Crippen LogP contribution in [0.5, 0.6) is 0 Å². The molecule has 0 saturated carbocycles. The molecule has 1 aromatic carbocycles. The summed E-state index contributed by atoms with van der Waals surface area (Å²) in [5, 5.41) is 2.40. The van der Waals surface area contributed by atoms with Crippen LogP contribution in [0.1, 0.15) is 12.0 Å². The van der Waals surface area contributed by atoms with Crippen molar-refractivity contribution >= 4 is 21.7 Å². The lowest BCUT2D eigenvalue weighted by Crippen LogP contribution is -2.36. The van der Waals surface area contributed by atoms with Gasteiger partial charge < -0.3 is 10.2 Å². The predicted molar refractivity (Wildman–Crippen MR) is 79.6 cm³/mol. The third-order valence-corrected chi connectivity index (χ3v) is 4.65. The number of benzene rings is 1. The number of carbonyl (C=O) groups is 2. The molecule has 0 spiro atoms. The maximum Gasteiger partial charge on any atom is 0.241 e. The molecule has 0 aromatic heterocycles. The van der Waals surface area contributed by atoms with Crippen molar-refractivity contribution < 1.29 is 18.0 Å². The van der Waals surface area contributed by atoms with Crippen molar-refractivity contribution in [2.24, 2.45) is 0 Å². The minimum absolute atomic E-state index is 0.129. The first-order chi connectivity index (χ1) is 9.72. The van der Waals surface area contributed by atoms with Crippen LogP contribution in [0.2, 0.25) is 0 Å². The molecular formula is C14H20N2O4S. The Bertz CT molecular complexity index is 606. The van der Waals surface area contributed by atoms with Crippen LogP contribution in [0.4, 0.5) is 0 Å². The summed E-state index contributed by atoms with van der Waals surface area (Å²) < 4.78 is 24.1. The summed E-state index contributed by atoms with van der Waals surface area (Å²) in [5.74, 6) is -0.983. The van der Waals surface area contributed by atoms with Gasteiger partial charge in [-0.15, -0.1) is 0 Å².